The lowest BCUT2D eigenvalue weighted by Gasteiger charge is -2.17. The average Bonchev–Trinajstić information content (AvgIpc) is 2.84. The zero-order valence-corrected chi connectivity index (χ0v) is 19.3. The highest BCUT2D eigenvalue weighted by Gasteiger charge is 2.25. The molecule has 1 N–H and O–H groups in total. The summed E-state index contributed by atoms with van der Waals surface area (Å²) < 4.78 is 30.5. The number of allylic oxidation sites excluding steroid dienone is 2. The molecule has 2 aromatic heterocycles. The van der Waals surface area contributed by atoms with Gasteiger partial charge in [-0.1, -0.05) is 35.9 Å². The molecule has 0 bridgehead atoms. The van der Waals surface area contributed by atoms with Crippen LogP contribution in [0.4, 0.5) is 5.82 Å². The van der Waals surface area contributed by atoms with Crippen LogP contribution in [0.5, 0.6) is 0 Å². The summed E-state index contributed by atoms with van der Waals surface area (Å²) >= 11 is 5.92. The van der Waals surface area contributed by atoms with Crippen LogP contribution in [0.2, 0.25) is 5.02 Å². The molecule has 5 rings (SSSR count). The largest absolute Gasteiger partial charge is 0.372 e. The molecule has 0 radical (unpaired) electrons. The Labute approximate surface area is 197 Å². The fraction of sp³-hybridized carbons (Fsp3) is 0.160. The van der Waals surface area contributed by atoms with Crippen LogP contribution in [0.15, 0.2) is 90.1 Å². The summed E-state index contributed by atoms with van der Waals surface area (Å²) in [4.78, 5) is 9.40. The molecule has 0 fully saturated rings. The van der Waals surface area contributed by atoms with Crippen molar-refractivity contribution in [2.24, 2.45) is 0 Å². The topological polar surface area (TPSA) is 75.8 Å². The number of pyridine rings is 1. The summed E-state index contributed by atoms with van der Waals surface area (Å²) in [5, 5.41) is 0.462. The second-order valence-electron chi connectivity index (χ2n) is 7.96. The minimum absolute atomic E-state index is 0.0958. The van der Waals surface area contributed by atoms with Gasteiger partial charge in [0.05, 0.1) is 17.3 Å². The number of nitrogens with one attached hydrogen (secondary N) is 1. The molecule has 0 saturated heterocycles. The summed E-state index contributed by atoms with van der Waals surface area (Å²) in [5.41, 5.74) is 2.53. The number of anilines is 1. The van der Waals surface area contributed by atoms with Crippen LogP contribution in [-0.4, -0.2) is 18.4 Å². The molecule has 166 valence electrons. The zero-order valence-electron chi connectivity index (χ0n) is 17.7. The van der Waals surface area contributed by atoms with E-state index in [1.54, 1.807) is 10.6 Å². The molecular formula is C25H22ClN4O2S+. The Morgan fingerprint density at radius 2 is 1.61 bits per heavy atom. The standard InChI is InChI=1S/C25H22ClN4O2S/c26-20-10-12-21(13-11-20)33(31,32)29-24-25(28-23-9-5-4-8-22(23)27-24)30-16-14-19(15-17-30)18-6-2-1-3-7-18/h1-2,4-5,8-18H,3,6-7H2,(H,27,29)/q+1. The molecule has 4 aromatic rings. The van der Waals surface area contributed by atoms with E-state index in [0.29, 0.717) is 27.8 Å². The predicted molar refractivity (Wildman–Crippen MR) is 129 cm³/mol. The smallest absolute Gasteiger partial charge is 0.256 e. The number of nitrogens with zero attached hydrogens (tertiary/aromatic N) is 3. The van der Waals surface area contributed by atoms with Crippen LogP contribution in [0.25, 0.3) is 16.9 Å². The summed E-state index contributed by atoms with van der Waals surface area (Å²) in [7, 11) is -3.89. The van der Waals surface area contributed by atoms with E-state index >= 15 is 0 Å². The van der Waals surface area contributed by atoms with Gasteiger partial charge in [-0.3, -0.25) is 4.72 Å². The zero-order chi connectivity index (χ0) is 22.8. The molecule has 0 aliphatic heterocycles. The van der Waals surface area contributed by atoms with Crippen molar-refractivity contribution in [3.63, 3.8) is 0 Å². The number of aromatic nitrogens is 3. The van der Waals surface area contributed by atoms with Gasteiger partial charge in [0.2, 0.25) is 11.3 Å². The first-order valence-electron chi connectivity index (χ1n) is 10.7. The first kappa shape index (κ1) is 21.6. The first-order chi connectivity index (χ1) is 16.0. The van der Waals surface area contributed by atoms with Crippen molar-refractivity contribution in [2.75, 3.05) is 4.72 Å². The van der Waals surface area contributed by atoms with Gasteiger partial charge in [0.1, 0.15) is 5.52 Å². The fourth-order valence-corrected chi connectivity index (χ4v) is 5.12. The van der Waals surface area contributed by atoms with Gasteiger partial charge in [-0.25, -0.2) is 18.0 Å². The lowest BCUT2D eigenvalue weighted by Crippen LogP contribution is -2.33. The number of fused-ring (bicyclic) bond motifs is 1. The van der Waals surface area contributed by atoms with Crippen molar-refractivity contribution in [3.8, 4) is 5.82 Å². The number of benzene rings is 2. The minimum atomic E-state index is -3.89. The number of sulfonamides is 1. The van der Waals surface area contributed by atoms with E-state index in [1.165, 1.54) is 29.8 Å². The van der Waals surface area contributed by atoms with Crippen LogP contribution in [-0.2, 0) is 10.0 Å². The Morgan fingerprint density at radius 1 is 0.909 bits per heavy atom. The Bertz CT molecular complexity index is 1440. The predicted octanol–water partition coefficient (Wildman–Crippen LogP) is 5.18. The number of hydrogen-bond acceptors (Lipinski definition) is 4. The second kappa shape index (κ2) is 8.92. The van der Waals surface area contributed by atoms with E-state index in [1.807, 2.05) is 30.6 Å². The summed E-state index contributed by atoms with van der Waals surface area (Å²) in [6, 6.07) is 17.5. The molecule has 8 heteroatoms. The maximum absolute atomic E-state index is 13.1. The van der Waals surface area contributed by atoms with Gasteiger partial charge in [0.25, 0.3) is 10.0 Å². The van der Waals surface area contributed by atoms with Crippen molar-refractivity contribution < 1.29 is 13.0 Å². The molecule has 1 aliphatic carbocycles. The third-order valence-electron chi connectivity index (χ3n) is 5.75. The molecule has 1 aliphatic rings. The Hall–Kier alpha value is -3.29. The summed E-state index contributed by atoms with van der Waals surface area (Å²) in [5.74, 6) is 1.05. The molecule has 0 amide bonds. The first-order valence-corrected chi connectivity index (χ1v) is 12.6. The SMILES string of the molecule is O=S(=O)(Nc1nc2ccccc2nc1-[n+]1ccc(C2CC=CCC2)cc1)c1ccc(Cl)cc1. The third-order valence-corrected chi connectivity index (χ3v) is 7.35. The molecule has 0 saturated carbocycles. The molecule has 1 unspecified atom stereocenters. The third kappa shape index (κ3) is 4.60. The Kier molecular flexibility index (Phi) is 5.83. The fourth-order valence-electron chi connectivity index (χ4n) is 3.99. The van der Waals surface area contributed by atoms with Gasteiger partial charge in [-0.2, -0.15) is 0 Å². The minimum Gasteiger partial charge on any atom is -0.256 e. The van der Waals surface area contributed by atoms with E-state index in [9.17, 15) is 8.42 Å². The van der Waals surface area contributed by atoms with Gasteiger partial charge in [0, 0.05) is 5.02 Å². The summed E-state index contributed by atoms with van der Waals surface area (Å²) in [6.07, 6.45) is 11.5. The maximum atomic E-state index is 13.1. The van der Waals surface area contributed by atoms with Crippen molar-refractivity contribution in [2.45, 2.75) is 30.1 Å². The molecule has 33 heavy (non-hydrogen) atoms. The lowest BCUT2D eigenvalue weighted by atomic mass is 9.88. The molecule has 0 spiro atoms. The van der Waals surface area contributed by atoms with Crippen LogP contribution in [0.1, 0.15) is 30.7 Å². The number of rotatable bonds is 5. The van der Waals surface area contributed by atoms with Crippen LogP contribution in [0, 0.1) is 0 Å². The van der Waals surface area contributed by atoms with Crippen molar-refractivity contribution >= 4 is 38.5 Å². The van der Waals surface area contributed by atoms with Gasteiger partial charge in [0.15, 0.2) is 0 Å². The van der Waals surface area contributed by atoms with Crippen molar-refractivity contribution in [1.82, 2.24) is 9.97 Å². The van der Waals surface area contributed by atoms with Gasteiger partial charge in [-0.15, -0.1) is 0 Å². The number of halogens is 1. The van der Waals surface area contributed by atoms with Gasteiger partial charge < -0.3 is 0 Å². The van der Waals surface area contributed by atoms with E-state index in [2.05, 4.69) is 34.0 Å². The number of hydrogen-bond donors (Lipinski definition) is 1. The van der Waals surface area contributed by atoms with E-state index in [0.717, 1.165) is 19.3 Å². The van der Waals surface area contributed by atoms with Crippen LogP contribution < -0.4 is 9.29 Å². The lowest BCUT2D eigenvalue weighted by molar-refractivity contribution is -0.598. The molecule has 1 atom stereocenters. The highest BCUT2D eigenvalue weighted by molar-refractivity contribution is 7.92. The highest BCUT2D eigenvalue weighted by Crippen LogP contribution is 2.28. The molecule has 2 heterocycles. The Morgan fingerprint density at radius 3 is 2.27 bits per heavy atom. The summed E-state index contributed by atoms with van der Waals surface area (Å²) in [6.45, 7) is 0. The van der Waals surface area contributed by atoms with E-state index in [4.69, 9.17) is 16.6 Å². The highest BCUT2D eigenvalue weighted by atomic mass is 35.5. The number of para-hydroxylation sites is 2. The average molecular weight is 478 g/mol. The molecule has 6 nitrogen and oxygen atoms in total. The van der Waals surface area contributed by atoms with Gasteiger partial charge >= 0.3 is 5.82 Å². The van der Waals surface area contributed by atoms with Gasteiger partial charge in [-0.05, 0) is 84.3 Å². The maximum Gasteiger partial charge on any atom is 0.372 e. The quantitative estimate of drug-likeness (QED) is 0.317. The van der Waals surface area contributed by atoms with Crippen molar-refractivity contribution in [1.29, 1.82) is 0 Å². The molecular weight excluding hydrogens is 456 g/mol. The van der Waals surface area contributed by atoms with Crippen LogP contribution in [0.3, 0.4) is 0 Å². The van der Waals surface area contributed by atoms with E-state index in [-0.39, 0.29) is 10.7 Å². The second-order valence-corrected chi connectivity index (χ2v) is 10.1. The molecule has 2 aromatic carbocycles. The Balaban J connectivity index is 1.56. The van der Waals surface area contributed by atoms with Crippen LogP contribution >= 0.6 is 11.6 Å². The normalized spacial score (nSPS) is 16.1. The van der Waals surface area contributed by atoms with E-state index < -0.39 is 10.0 Å². The monoisotopic (exact) mass is 477 g/mol. The van der Waals surface area contributed by atoms with Crippen molar-refractivity contribution in [3.05, 3.63) is 95.8 Å².